The van der Waals surface area contributed by atoms with Gasteiger partial charge in [-0.15, -0.1) is 0 Å². The van der Waals surface area contributed by atoms with E-state index < -0.39 is 0 Å². The first kappa shape index (κ1) is 22.5. The van der Waals surface area contributed by atoms with Crippen molar-refractivity contribution >= 4 is 16.8 Å². The van der Waals surface area contributed by atoms with Crippen LogP contribution in [0.3, 0.4) is 0 Å². The number of likely N-dealkylation sites (tertiary alicyclic amines) is 1. The van der Waals surface area contributed by atoms with Crippen LogP contribution >= 0.6 is 0 Å². The molecule has 32 heavy (non-hydrogen) atoms. The number of hydrogen-bond acceptors (Lipinski definition) is 3. The average molecular weight is 433 g/mol. The number of para-hydroxylation sites is 1. The Morgan fingerprint density at radius 2 is 1.75 bits per heavy atom. The van der Waals surface area contributed by atoms with Crippen molar-refractivity contribution in [3.63, 3.8) is 0 Å². The standard InChI is InChI=1S/C27H36N4O/c1-21(2)12-19-31-25-11-7-6-10-24(25)26(29-31)27(32)28-20-23-14-17-30(18-15-23)16-13-22-8-4-3-5-9-22/h3-11,21,23H,12-20H2,1-2H3,(H,28,32). The molecule has 2 heterocycles. The number of carbonyl (C=O) groups is 1. The van der Waals surface area contributed by atoms with Crippen molar-refractivity contribution in [3.8, 4) is 0 Å². The quantitative estimate of drug-likeness (QED) is 0.530. The van der Waals surface area contributed by atoms with Crippen LogP contribution in [0.25, 0.3) is 10.9 Å². The molecular weight excluding hydrogens is 396 g/mol. The molecule has 1 aliphatic heterocycles. The van der Waals surface area contributed by atoms with Gasteiger partial charge in [0.15, 0.2) is 5.69 Å². The Bertz CT molecular complexity index is 1000. The van der Waals surface area contributed by atoms with Gasteiger partial charge >= 0.3 is 0 Å². The third-order valence-electron chi connectivity index (χ3n) is 6.61. The van der Waals surface area contributed by atoms with Crippen LogP contribution in [0.15, 0.2) is 54.6 Å². The van der Waals surface area contributed by atoms with Gasteiger partial charge in [-0.1, -0.05) is 62.4 Å². The highest BCUT2D eigenvalue weighted by molar-refractivity contribution is 6.04. The predicted octanol–water partition coefficient (Wildman–Crippen LogP) is 4.77. The number of piperidine rings is 1. The largest absolute Gasteiger partial charge is 0.350 e. The summed E-state index contributed by atoms with van der Waals surface area (Å²) in [5, 5.41) is 8.81. The minimum atomic E-state index is -0.0454. The number of nitrogens with one attached hydrogen (secondary N) is 1. The molecule has 170 valence electrons. The highest BCUT2D eigenvalue weighted by atomic mass is 16.1. The molecule has 0 spiro atoms. The lowest BCUT2D eigenvalue weighted by Crippen LogP contribution is -2.39. The molecule has 1 amide bonds. The molecule has 5 nitrogen and oxygen atoms in total. The Labute approximate surface area is 191 Å². The number of nitrogens with zero attached hydrogens (tertiary/aromatic N) is 3. The van der Waals surface area contributed by atoms with E-state index in [1.54, 1.807) is 0 Å². The Balaban J connectivity index is 1.27. The van der Waals surface area contributed by atoms with E-state index in [2.05, 4.69) is 65.6 Å². The Hall–Kier alpha value is -2.66. The van der Waals surface area contributed by atoms with Crippen molar-refractivity contribution in [1.29, 1.82) is 0 Å². The molecule has 2 aromatic carbocycles. The molecular formula is C27H36N4O. The van der Waals surface area contributed by atoms with Crippen LogP contribution in [-0.4, -0.2) is 46.8 Å². The van der Waals surface area contributed by atoms with E-state index in [0.717, 1.165) is 69.3 Å². The highest BCUT2D eigenvalue weighted by Gasteiger charge is 2.22. The van der Waals surface area contributed by atoms with Crippen LogP contribution in [0.5, 0.6) is 0 Å². The summed E-state index contributed by atoms with van der Waals surface area (Å²) in [6, 6.07) is 18.8. The van der Waals surface area contributed by atoms with E-state index in [0.29, 0.717) is 17.5 Å². The molecule has 0 atom stereocenters. The summed E-state index contributed by atoms with van der Waals surface area (Å²) in [5.74, 6) is 1.10. The molecule has 1 saturated heterocycles. The zero-order valence-corrected chi connectivity index (χ0v) is 19.5. The van der Waals surface area contributed by atoms with E-state index in [9.17, 15) is 4.79 Å². The van der Waals surface area contributed by atoms with Crippen LogP contribution in [0.4, 0.5) is 0 Å². The van der Waals surface area contributed by atoms with Gasteiger partial charge < -0.3 is 10.2 Å². The second kappa shape index (κ2) is 10.8. The predicted molar refractivity (Wildman–Crippen MR) is 131 cm³/mol. The minimum Gasteiger partial charge on any atom is -0.350 e. The second-order valence-electron chi connectivity index (χ2n) is 9.50. The van der Waals surface area contributed by atoms with Gasteiger partial charge in [-0.3, -0.25) is 9.48 Å². The minimum absolute atomic E-state index is 0.0454. The van der Waals surface area contributed by atoms with Crippen molar-refractivity contribution < 1.29 is 4.79 Å². The van der Waals surface area contributed by atoms with E-state index in [4.69, 9.17) is 0 Å². The topological polar surface area (TPSA) is 50.2 Å². The monoisotopic (exact) mass is 432 g/mol. The van der Waals surface area contributed by atoms with E-state index in [-0.39, 0.29) is 5.91 Å². The number of hydrogen-bond donors (Lipinski definition) is 1. The molecule has 0 radical (unpaired) electrons. The molecule has 0 saturated carbocycles. The van der Waals surface area contributed by atoms with E-state index >= 15 is 0 Å². The highest BCUT2D eigenvalue weighted by Crippen LogP contribution is 2.21. The lowest BCUT2D eigenvalue weighted by atomic mass is 9.96. The molecule has 1 fully saturated rings. The summed E-state index contributed by atoms with van der Waals surface area (Å²) < 4.78 is 2.00. The molecule has 5 heteroatoms. The molecule has 4 rings (SSSR count). The first-order chi connectivity index (χ1) is 15.6. The molecule has 1 N–H and O–H groups in total. The number of aryl methyl sites for hydroxylation is 1. The van der Waals surface area contributed by atoms with Gasteiger partial charge in [-0.2, -0.15) is 5.10 Å². The van der Waals surface area contributed by atoms with E-state index in [1.165, 1.54) is 5.56 Å². The first-order valence-corrected chi connectivity index (χ1v) is 12.1. The van der Waals surface area contributed by atoms with Crippen LogP contribution < -0.4 is 5.32 Å². The fourth-order valence-corrected chi connectivity index (χ4v) is 4.51. The molecule has 3 aromatic rings. The molecule has 1 aromatic heterocycles. The summed E-state index contributed by atoms with van der Waals surface area (Å²) in [5.41, 5.74) is 3.01. The summed E-state index contributed by atoms with van der Waals surface area (Å²) in [4.78, 5) is 15.5. The number of carbonyl (C=O) groups excluding carboxylic acids is 1. The molecule has 1 aliphatic rings. The fraction of sp³-hybridized carbons (Fsp3) is 0.481. The fourth-order valence-electron chi connectivity index (χ4n) is 4.51. The third-order valence-corrected chi connectivity index (χ3v) is 6.61. The number of aromatic nitrogens is 2. The smallest absolute Gasteiger partial charge is 0.272 e. The zero-order valence-electron chi connectivity index (χ0n) is 19.5. The normalized spacial score (nSPS) is 15.5. The maximum absolute atomic E-state index is 13.0. The van der Waals surface area contributed by atoms with Gasteiger partial charge in [-0.25, -0.2) is 0 Å². The maximum Gasteiger partial charge on any atom is 0.272 e. The lowest BCUT2D eigenvalue weighted by Gasteiger charge is -2.32. The maximum atomic E-state index is 13.0. The summed E-state index contributed by atoms with van der Waals surface area (Å²) in [6.07, 6.45) is 4.43. The SMILES string of the molecule is CC(C)CCn1nc(C(=O)NCC2CCN(CCc3ccccc3)CC2)c2ccccc21. The average Bonchev–Trinajstić information content (AvgIpc) is 3.20. The van der Waals surface area contributed by atoms with Gasteiger partial charge in [0, 0.05) is 25.0 Å². The van der Waals surface area contributed by atoms with Crippen LogP contribution in [0.2, 0.25) is 0 Å². The van der Waals surface area contributed by atoms with Crippen LogP contribution in [0, 0.1) is 11.8 Å². The Morgan fingerprint density at radius 1 is 1.03 bits per heavy atom. The second-order valence-corrected chi connectivity index (χ2v) is 9.50. The van der Waals surface area contributed by atoms with Crippen molar-refractivity contribution in [2.24, 2.45) is 11.8 Å². The number of fused-ring (bicyclic) bond motifs is 1. The number of amides is 1. The number of rotatable bonds is 9. The van der Waals surface area contributed by atoms with Crippen LogP contribution in [0.1, 0.15) is 49.2 Å². The Kier molecular flexibility index (Phi) is 7.59. The van der Waals surface area contributed by atoms with E-state index in [1.807, 2.05) is 22.9 Å². The summed E-state index contributed by atoms with van der Waals surface area (Å²) >= 11 is 0. The van der Waals surface area contributed by atoms with Crippen molar-refractivity contribution in [3.05, 3.63) is 65.9 Å². The summed E-state index contributed by atoms with van der Waals surface area (Å²) in [6.45, 7) is 9.34. The van der Waals surface area contributed by atoms with Crippen LogP contribution in [-0.2, 0) is 13.0 Å². The lowest BCUT2D eigenvalue weighted by molar-refractivity contribution is 0.0932. The van der Waals surface area contributed by atoms with Crippen molar-refractivity contribution in [1.82, 2.24) is 20.0 Å². The Morgan fingerprint density at radius 3 is 2.50 bits per heavy atom. The summed E-state index contributed by atoms with van der Waals surface area (Å²) in [7, 11) is 0. The van der Waals surface area contributed by atoms with Gasteiger partial charge in [-0.05, 0) is 62.2 Å². The molecule has 0 bridgehead atoms. The zero-order chi connectivity index (χ0) is 22.3. The molecule has 0 unspecified atom stereocenters. The van der Waals surface area contributed by atoms with Crippen molar-refractivity contribution in [2.45, 2.75) is 46.1 Å². The van der Waals surface area contributed by atoms with Gasteiger partial charge in [0.1, 0.15) is 0 Å². The third kappa shape index (κ3) is 5.77. The molecule has 0 aliphatic carbocycles. The van der Waals surface area contributed by atoms with Crippen molar-refractivity contribution in [2.75, 3.05) is 26.2 Å². The van der Waals surface area contributed by atoms with Gasteiger partial charge in [0.25, 0.3) is 5.91 Å². The van der Waals surface area contributed by atoms with Gasteiger partial charge in [0.05, 0.1) is 5.52 Å². The number of benzene rings is 2. The van der Waals surface area contributed by atoms with Gasteiger partial charge in [0.2, 0.25) is 0 Å². The first-order valence-electron chi connectivity index (χ1n) is 12.1.